The number of anilines is 1. The fraction of sp³-hybridized carbons (Fsp3) is 0.391. The van der Waals surface area contributed by atoms with E-state index >= 15 is 0 Å². The van der Waals surface area contributed by atoms with Crippen molar-refractivity contribution >= 4 is 27.5 Å². The van der Waals surface area contributed by atoms with Crippen LogP contribution in [0, 0.1) is 0 Å². The molecule has 0 aromatic heterocycles. The zero-order valence-corrected chi connectivity index (χ0v) is 19.4. The van der Waals surface area contributed by atoms with E-state index in [2.05, 4.69) is 5.32 Å². The van der Waals surface area contributed by atoms with Crippen LogP contribution in [-0.4, -0.2) is 57.6 Å². The SMILES string of the molecule is CCc1ccc(N(CC(=O)N(CCc2ccccc2)C(C)C(=O)NC)S(C)(=O)=O)cc1. The van der Waals surface area contributed by atoms with Gasteiger partial charge in [0.15, 0.2) is 0 Å². The van der Waals surface area contributed by atoms with Crippen molar-refractivity contribution in [2.24, 2.45) is 0 Å². The zero-order chi connectivity index (χ0) is 23.0. The lowest BCUT2D eigenvalue weighted by Gasteiger charge is -2.31. The molecule has 2 aromatic carbocycles. The molecule has 0 aliphatic carbocycles. The highest BCUT2D eigenvalue weighted by molar-refractivity contribution is 7.92. The Kier molecular flexibility index (Phi) is 8.62. The van der Waals surface area contributed by atoms with Crippen molar-refractivity contribution in [1.82, 2.24) is 10.2 Å². The topological polar surface area (TPSA) is 86.8 Å². The van der Waals surface area contributed by atoms with Crippen LogP contribution < -0.4 is 9.62 Å². The predicted octanol–water partition coefficient (Wildman–Crippen LogP) is 2.22. The van der Waals surface area contributed by atoms with Crippen LogP contribution in [0.5, 0.6) is 0 Å². The van der Waals surface area contributed by atoms with Crippen LogP contribution in [0.15, 0.2) is 54.6 Å². The van der Waals surface area contributed by atoms with Crippen molar-refractivity contribution in [1.29, 1.82) is 0 Å². The number of hydrogen-bond acceptors (Lipinski definition) is 4. The molecule has 2 amide bonds. The lowest BCUT2D eigenvalue weighted by atomic mass is 10.1. The molecule has 0 aliphatic rings. The smallest absolute Gasteiger partial charge is 0.244 e. The molecule has 0 saturated heterocycles. The van der Waals surface area contributed by atoms with Gasteiger partial charge in [0, 0.05) is 13.6 Å². The normalized spacial score (nSPS) is 12.1. The summed E-state index contributed by atoms with van der Waals surface area (Å²) in [6.07, 6.45) is 2.46. The number of hydrogen-bond donors (Lipinski definition) is 1. The molecule has 1 unspecified atom stereocenters. The van der Waals surface area contributed by atoms with Crippen LogP contribution >= 0.6 is 0 Å². The molecule has 0 fully saturated rings. The van der Waals surface area contributed by atoms with Crippen molar-refractivity contribution in [3.8, 4) is 0 Å². The standard InChI is InChI=1S/C23H31N3O4S/c1-5-19-11-13-21(14-12-19)26(31(4,29)30)17-22(27)25(18(2)23(28)24-3)16-15-20-9-7-6-8-10-20/h6-14,18H,5,15-17H2,1-4H3,(H,24,28). The van der Waals surface area contributed by atoms with E-state index in [1.165, 1.54) is 11.9 Å². The third-order valence-electron chi connectivity index (χ3n) is 5.21. The second-order valence-electron chi connectivity index (χ2n) is 7.40. The summed E-state index contributed by atoms with van der Waals surface area (Å²) in [4.78, 5) is 26.9. The Morgan fingerprint density at radius 2 is 1.61 bits per heavy atom. The summed E-state index contributed by atoms with van der Waals surface area (Å²) in [5.74, 6) is -0.739. The molecule has 1 N–H and O–H groups in total. The van der Waals surface area contributed by atoms with Crippen molar-refractivity contribution in [3.63, 3.8) is 0 Å². The monoisotopic (exact) mass is 445 g/mol. The first kappa shape index (κ1) is 24.4. The van der Waals surface area contributed by atoms with Crippen LogP contribution in [0.25, 0.3) is 0 Å². The van der Waals surface area contributed by atoms with Gasteiger partial charge in [0.25, 0.3) is 0 Å². The fourth-order valence-electron chi connectivity index (χ4n) is 3.29. The third-order valence-corrected chi connectivity index (χ3v) is 6.35. The minimum absolute atomic E-state index is 0.295. The molecule has 2 aromatic rings. The number of nitrogens with zero attached hydrogens (tertiary/aromatic N) is 2. The number of amides is 2. The lowest BCUT2D eigenvalue weighted by molar-refractivity contribution is -0.138. The van der Waals surface area contributed by atoms with E-state index in [4.69, 9.17) is 0 Å². The predicted molar refractivity (Wildman–Crippen MR) is 123 cm³/mol. The Labute approximate surface area is 185 Å². The quantitative estimate of drug-likeness (QED) is 0.608. The van der Waals surface area contributed by atoms with Crippen LogP contribution in [0.3, 0.4) is 0 Å². The van der Waals surface area contributed by atoms with Gasteiger partial charge in [0.2, 0.25) is 21.8 Å². The molecule has 1 atom stereocenters. The maximum Gasteiger partial charge on any atom is 0.244 e. The first-order chi connectivity index (χ1) is 14.7. The van der Waals surface area contributed by atoms with Crippen molar-refractivity contribution in [2.45, 2.75) is 32.7 Å². The average molecular weight is 446 g/mol. The van der Waals surface area contributed by atoms with Gasteiger partial charge in [-0.3, -0.25) is 13.9 Å². The number of likely N-dealkylation sites (N-methyl/N-ethyl adjacent to an activating group) is 1. The summed E-state index contributed by atoms with van der Waals surface area (Å²) in [5, 5.41) is 2.56. The summed E-state index contributed by atoms with van der Waals surface area (Å²) in [6.45, 7) is 3.57. The summed E-state index contributed by atoms with van der Waals surface area (Å²) in [5.41, 5.74) is 2.52. The van der Waals surface area contributed by atoms with E-state index in [0.29, 0.717) is 18.7 Å². The molecule has 7 nitrogen and oxygen atoms in total. The van der Waals surface area contributed by atoms with Gasteiger partial charge in [-0.05, 0) is 43.0 Å². The van der Waals surface area contributed by atoms with Crippen molar-refractivity contribution < 1.29 is 18.0 Å². The van der Waals surface area contributed by atoms with Gasteiger partial charge in [-0.1, -0.05) is 49.4 Å². The van der Waals surface area contributed by atoms with Crippen LogP contribution in [0.4, 0.5) is 5.69 Å². The van der Waals surface area contributed by atoms with Crippen LogP contribution in [0.1, 0.15) is 25.0 Å². The Morgan fingerprint density at radius 3 is 2.13 bits per heavy atom. The Balaban J connectivity index is 2.27. The van der Waals surface area contributed by atoms with E-state index in [1.807, 2.05) is 49.4 Å². The molecule has 8 heteroatoms. The molecule has 0 saturated carbocycles. The van der Waals surface area contributed by atoms with Gasteiger partial charge in [-0.15, -0.1) is 0 Å². The van der Waals surface area contributed by atoms with Crippen molar-refractivity contribution in [3.05, 3.63) is 65.7 Å². The van der Waals surface area contributed by atoms with Gasteiger partial charge >= 0.3 is 0 Å². The summed E-state index contributed by atoms with van der Waals surface area (Å²) in [6, 6.07) is 16.0. The van der Waals surface area contributed by atoms with Gasteiger partial charge < -0.3 is 10.2 Å². The highest BCUT2D eigenvalue weighted by Gasteiger charge is 2.29. The second-order valence-corrected chi connectivity index (χ2v) is 9.31. The highest BCUT2D eigenvalue weighted by atomic mass is 32.2. The molecule has 0 aliphatic heterocycles. The van der Waals surface area contributed by atoms with E-state index in [9.17, 15) is 18.0 Å². The zero-order valence-electron chi connectivity index (χ0n) is 18.5. The number of carbonyl (C=O) groups is 2. The van der Waals surface area contributed by atoms with E-state index in [0.717, 1.165) is 28.1 Å². The second kappa shape index (κ2) is 10.9. The number of benzene rings is 2. The molecule has 31 heavy (non-hydrogen) atoms. The van der Waals surface area contributed by atoms with Gasteiger partial charge in [-0.2, -0.15) is 0 Å². The molecule has 2 rings (SSSR count). The molecule has 0 radical (unpaired) electrons. The van der Waals surface area contributed by atoms with Crippen LogP contribution in [0.2, 0.25) is 0 Å². The summed E-state index contributed by atoms with van der Waals surface area (Å²) in [7, 11) is -2.19. The molecule has 0 heterocycles. The van der Waals surface area contributed by atoms with Crippen LogP contribution in [-0.2, 0) is 32.5 Å². The fourth-order valence-corrected chi connectivity index (χ4v) is 4.14. The number of nitrogens with one attached hydrogen (secondary N) is 1. The average Bonchev–Trinajstić information content (AvgIpc) is 2.76. The minimum Gasteiger partial charge on any atom is -0.357 e. The highest BCUT2D eigenvalue weighted by Crippen LogP contribution is 2.19. The first-order valence-electron chi connectivity index (χ1n) is 10.3. The number of sulfonamides is 1. The summed E-state index contributed by atoms with van der Waals surface area (Å²) >= 11 is 0. The molecule has 0 bridgehead atoms. The Hall–Kier alpha value is -2.87. The lowest BCUT2D eigenvalue weighted by Crippen LogP contribution is -2.51. The molecule has 168 valence electrons. The van der Waals surface area contributed by atoms with E-state index < -0.39 is 22.0 Å². The van der Waals surface area contributed by atoms with Gasteiger partial charge in [0.1, 0.15) is 12.6 Å². The third kappa shape index (κ3) is 6.82. The van der Waals surface area contributed by atoms with Gasteiger partial charge in [0.05, 0.1) is 11.9 Å². The number of aryl methyl sites for hydroxylation is 1. The van der Waals surface area contributed by atoms with E-state index in [1.54, 1.807) is 19.1 Å². The maximum absolute atomic E-state index is 13.2. The molecular formula is C23H31N3O4S. The Bertz CT molecular complexity index is 976. The first-order valence-corrected chi connectivity index (χ1v) is 12.1. The molecule has 0 spiro atoms. The Morgan fingerprint density at radius 1 is 1.00 bits per heavy atom. The van der Waals surface area contributed by atoms with E-state index in [-0.39, 0.29) is 12.5 Å². The molecular weight excluding hydrogens is 414 g/mol. The minimum atomic E-state index is -3.70. The maximum atomic E-state index is 13.2. The van der Waals surface area contributed by atoms with Gasteiger partial charge in [-0.25, -0.2) is 8.42 Å². The van der Waals surface area contributed by atoms with Crippen molar-refractivity contribution in [2.75, 3.05) is 30.7 Å². The summed E-state index contributed by atoms with van der Waals surface area (Å²) < 4.78 is 26.0. The largest absolute Gasteiger partial charge is 0.357 e. The number of carbonyl (C=O) groups excluding carboxylic acids is 2. The number of rotatable bonds is 10.